The molecule has 0 aliphatic carbocycles. The van der Waals surface area contributed by atoms with E-state index in [-0.39, 0.29) is 11.8 Å². The van der Waals surface area contributed by atoms with E-state index < -0.39 is 0 Å². The summed E-state index contributed by atoms with van der Waals surface area (Å²) < 4.78 is 0. The van der Waals surface area contributed by atoms with E-state index >= 15 is 0 Å². The molecule has 1 heterocycles. The number of amides is 2. The SMILES string of the molecule is CCC(=O)Nc1cccc(C(=O)Nc2nc(-c3ccc(C)c(C)c3)cs2)c1. The summed E-state index contributed by atoms with van der Waals surface area (Å²) in [7, 11) is 0. The predicted octanol–water partition coefficient (Wildman–Crippen LogP) is 5.03. The van der Waals surface area contributed by atoms with Gasteiger partial charge in [0.25, 0.3) is 5.91 Å². The third-order valence-corrected chi connectivity index (χ3v) is 5.01. The molecule has 6 heteroatoms. The van der Waals surface area contributed by atoms with Gasteiger partial charge in [-0.2, -0.15) is 0 Å². The van der Waals surface area contributed by atoms with Crippen LogP contribution >= 0.6 is 11.3 Å². The zero-order valence-electron chi connectivity index (χ0n) is 15.5. The maximum Gasteiger partial charge on any atom is 0.257 e. The molecule has 2 aromatic carbocycles. The molecule has 0 bridgehead atoms. The van der Waals surface area contributed by atoms with Gasteiger partial charge in [0.05, 0.1) is 5.69 Å². The molecule has 0 atom stereocenters. The number of aromatic nitrogens is 1. The second kappa shape index (κ2) is 8.14. The Morgan fingerprint density at radius 3 is 2.59 bits per heavy atom. The third kappa shape index (κ3) is 4.60. The smallest absolute Gasteiger partial charge is 0.257 e. The minimum Gasteiger partial charge on any atom is -0.326 e. The van der Waals surface area contributed by atoms with Crippen molar-refractivity contribution in [3.05, 3.63) is 64.5 Å². The minimum absolute atomic E-state index is 0.0921. The van der Waals surface area contributed by atoms with E-state index in [4.69, 9.17) is 0 Å². The number of anilines is 2. The van der Waals surface area contributed by atoms with Crippen molar-refractivity contribution in [2.75, 3.05) is 10.6 Å². The van der Waals surface area contributed by atoms with Crippen LogP contribution < -0.4 is 10.6 Å². The summed E-state index contributed by atoms with van der Waals surface area (Å²) in [6.45, 7) is 5.92. The van der Waals surface area contributed by atoms with Gasteiger partial charge < -0.3 is 5.32 Å². The highest BCUT2D eigenvalue weighted by Crippen LogP contribution is 2.27. The van der Waals surface area contributed by atoms with E-state index in [1.54, 1.807) is 31.2 Å². The van der Waals surface area contributed by atoms with E-state index in [9.17, 15) is 9.59 Å². The lowest BCUT2D eigenvalue weighted by Crippen LogP contribution is -2.13. The van der Waals surface area contributed by atoms with Crippen LogP contribution in [0.15, 0.2) is 47.8 Å². The summed E-state index contributed by atoms with van der Waals surface area (Å²) in [4.78, 5) is 28.5. The Labute approximate surface area is 162 Å². The first-order chi connectivity index (χ1) is 13.0. The molecule has 5 nitrogen and oxygen atoms in total. The summed E-state index contributed by atoms with van der Waals surface area (Å²) in [6.07, 6.45) is 0.386. The number of aryl methyl sites for hydroxylation is 2. The van der Waals surface area contributed by atoms with Crippen LogP contribution in [0.5, 0.6) is 0 Å². The highest BCUT2D eigenvalue weighted by Gasteiger charge is 2.11. The lowest BCUT2D eigenvalue weighted by Gasteiger charge is -2.06. The van der Waals surface area contributed by atoms with Gasteiger partial charge in [-0.05, 0) is 49.2 Å². The highest BCUT2D eigenvalue weighted by atomic mass is 32.1. The van der Waals surface area contributed by atoms with Gasteiger partial charge in [0.1, 0.15) is 0 Å². The molecule has 0 aliphatic rings. The molecule has 3 rings (SSSR count). The summed E-state index contributed by atoms with van der Waals surface area (Å²) in [5.74, 6) is -0.353. The highest BCUT2D eigenvalue weighted by molar-refractivity contribution is 7.14. The molecule has 2 N–H and O–H groups in total. The van der Waals surface area contributed by atoms with E-state index in [2.05, 4.69) is 41.6 Å². The summed E-state index contributed by atoms with van der Waals surface area (Å²) in [6, 6.07) is 13.0. The number of nitrogens with one attached hydrogen (secondary N) is 2. The molecular formula is C21H21N3O2S. The Morgan fingerprint density at radius 1 is 1.04 bits per heavy atom. The predicted molar refractivity (Wildman–Crippen MR) is 110 cm³/mol. The zero-order valence-corrected chi connectivity index (χ0v) is 16.3. The van der Waals surface area contributed by atoms with Gasteiger partial charge in [-0.25, -0.2) is 4.98 Å². The van der Waals surface area contributed by atoms with E-state index in [1.165, 1.54) is 22.5 Å². The normalized spacial score (nSPS) is 10.5. The molecule has 1 aromatic heterocycles. The summed E-state index contributed by atoms with van der Waals surface area (Å²) >= 11 is 1.38. The third-order valence-electron chi connectivity index (χ3n) is 4.26. The van der Waals surface area contributed by atoms with Crippen molar-refractivity contribution in [1.82, 2.24) is 4.98 Å². The molecule has 27 heavy (non-hydrogen) atoms. The molecule has 0 aliphatic heterocycles. The first kappa shape index (κ1) is 18.8. The minimum atomic E-state index is -0.261. The van der Waals surface area contributed by atoms with Crippen molar-refractivity contribution in [1.29, 1.82) is 0 Å². The Morgan fingerprint density at radius 2 is 1.85 bits per heavy atom. The maximum absolute atomic E-state index is 12.5. The number of carbonyl (C=O) groups excluding carboxylic acids is 2. The van der Waals surface area contributed by atoms with Crippen LogP contribution in [0.4, 0.5) is 10.8 Å². The lowest BCUT2D eigenvalue weighted by molar-refractivity contribution is -0.115. The second-order valence-corrected chi connectivity index (χ2v) is 7.13. The van der Waals surface area contributed by atoms with Gasteiger partial charge >= 0.3 is 0 Å². The van der Waals surface area contributed by atoms with Crippen molar-refractivity contribution in [3.8, 4) is 11.3 Å². The van der Waals surface area contributed by atoms with Crippen molar-refractivity contribution >= 4 is 34.0 Å². The number of rotatable bonds is 5. The number of hydrogen-bond acceptors (Lipinski definition) is 4. The van der Waals surface area contributed by atoms with Crippen molar-refractivity contribution in [3.63, 3.8) is 0 Å². The zero-order chi connectivity index (χ0) is 19.4. The Bertz CT molecular complexity index is 995. The first-order valence-corrected chi connectivity index (χ1v) is 9.58. The lowest BCUT2D eigenvalue weighted by atomic mass is 10.1. The Balaban J connectivity index is 1.73. The quantitative estimate of drug-likeness (QED) is 0.653. The topological polar surface area (TPSA) is 71.1 Å². The van der Waals surface area contributed by atoms with Crippen LogP contribution in [-0.2, 0) is 4.79 Å². The Kier molecular flexibility index (Phi) is 5.66. The molecule has 2 amide bonds. The average molecular weight is 379 g/mol. The van der Waals surface area contributed by atoms with E-state index in [0.717, 1.165) is 11.3 Å². The maximum atomic E-state index is 12.5. The number of carbonyl (C=O) groups is 2. The molecule has 0 spiro atoms. The van der Waals surface area contributed by atoms with Gasteiger partial charge in [0, 0.05) is 28.6 Å². The van der Waals surface area contributed by atoms with Crippen LogP contribution in [-0.4, -0.2) is 16.8 Å². The fourth-order valence-electron chi connectivity index (χ4n) is 2.52. The van der Waals surface area contributed by atoms with Crippen molar-refractivity contribution < 1.29 is 9.59 Å². The van der Waals surface area contributed by atoms with Gasteiger partial charge in [0.15, 0.2) is 5.13 Å². The number of thiazole rings is 1. The Hall–Kier alpha value is -2.99. The first-order valence-electron chi connectivity index (χ1n) is 8.70. The fraction of sp³-hybridized carbons (Fsp3) is 0.190. The van der Waals surface area contributed by atoms with E-state index in [1.807, 2.05) is 11.4 Å². The van der Waals surface area contributed by atoms with Crippen molar-refractivity contribution in [2.24, 2.45) is 0 Å². The fourth-order valence-corrected chi connectivity index (χ4v) is 3.24. The van der Waals surface area contributed by atoms with Gasteiger partial charge in [-0.1, -0.05) is 25.1 Å². The summed E-state index contributed by atoms with van der Waals surface area (Å²) in [5, 5.41) is 8.05. The molecule has 0 radical (unpaired) electrons. The molecule has 0 saturated heterocycles. The van der Waals surface area contributed by atoms with Crippen LogP contribution in [0.25, 0.3) is 11.3 Å². The van der Waals surface area contributed by atoms with Gasteiger partial charge in [0.2, 0.25) is 5.91 Å². The molecular weight excluding hydrogens is 358 g/mol. The monoisotopic (exact) mass is 379 g/mol. The number of nitrogens with zero attached hydrogens (tertiary/aromatic N) is 1. The van der Waals surface area contributed by atoms with Crippen LogP contribution in [0, 0.1) is 13.8 Å². The van der Waals surface area contributed by atoms with Crippen LogP contribution in [0.3, 0.4) is 0 Å². The molecule has 0 saturated carbocycles. The largest absolute Gasteiger partial charge is 0.326 e. The average Bonchev–Trinajstić information content (AvgIpc) is 3.12. The molecule has 0 fully saturated rings. The molecule has 3 aromatic rings. The molecule has 0 unspecified atom stereocenters. The number of benzene rings is 2. The van der Waals surface area contributed by atoms with Gasteiger partial charge in [-0.3, -0.25) is 14.9 Å². The summed E-state index contributed by atoms with van der Waals surface area (Å²) in [5.41, 5.74) is 5.37. The van der Waals surface area contributed by atoms with E-state index in [0.29, 0.717) is 22.8 Å². The van der Waals surface area contributed by atoms with Gasteiger partial charge in [-0.15, -0.1) is 11.3 Å². The van der Waals surface area contributed by atoms with Crippen LogP contribution in [0.1, 0.15) is 34.8 Å². The standard InChI is InChI=1S/C21H21N3O2S/c1-4-19(25)22-17-7-5-6-16(11-17)20(26)24-21-23-18(12-27-21)15-9-8-13(2)14(3)10-15/h5-12H,4H2,1-3H3,(H,22,25)(H,23,24,26). The van der Waals surface area contributed by atoms with Crippen molar-refractivity contribution in [2.45, 2.75) is 27.2 Å². The number of hydrogen-bond donors (Lipinski definition) is 2. The second-order valence-electron chi connectivity index (χ2n) is 6.27. The van der Waals surface area contributed by atoms with Crippen LogP contribution in [0.2, 0.25) is 0 Å². The molecule has 138 valence electrons.